The van der Waals surface area contributed by atoms with Gasteiger partial charge < -0.3 is 11.1 Å². The number of carbonyl (C=O) groups excluding carboxylic acids is 1. The number of nitrogens with zero attached hydrogens (tertiary/aromatic N) is 1. The number of nitrogens with two attached hydrogens (primary N) is 1. The Morgan fingerprint density at radius 2 is 2.21 bits per heavy atom. The molecule has 0 unspecified atom stereocenters. The zero-order valence-electron chi connectivity index (χ0n) is 11.5. The van der Waals surface area contributed by atoms with Crippen LogP contribution in [0.3, 0.4) is 0 Å². The molecule has 0 aromatic carbocycles. The molecule has 1 aromatic rings. The Balaban J connectivity index is 1.61. The second-order valence-corrected chi connectivity index (χ2v) is 6.51. The molecule has 2 rings (SSSR count). The van der Waals surface area contributed by atoms with Crippen molar-refractivity contribution >= 4 is 22.4 Å². The van der Waals surface area contributed by atoms with Crippen molar-refractivity contribution in [1.82, 2.24) is 10.3 Å². The molecule has 1 aromatic heterocycles. The molecule has 4 nitrogen and oxygen atoms in total. The van der Waals surface area contributed by atoms with E-state index >= 15 is 0 Å². The van der Waals surface area contributed by atoms with Crippen molar-refractivity contribution in [1.29, 1.82) is 0 Å². The Labute approximate surface area is 118 Å². The summed E-state index contributed by atoms with van der Waals surface area (Å²) < 4.78 is 0. The summed E-state index contributed by atoms with van der Waals surface area (Å²) in [6.07, 6.45) is 6.78. The van der Waals surface area contributed by atoms with Gasteiger partial charge in [-0.2, -0.15) is 0 Å². The van der Waals surface area contributed by atoms with Crippen molar-refractivity contribution in [3.8, 4) is 0 Å². The highest BCUT2D eigenvalue weighted by Gasteiger charge is 2.18. The van der Waals surface area contributed by atoms with Crippen LogP contribution in [0.4, 0.5) is 5.13 Å². The molecule has 0 bridgehead atoms. The van der Waals surface area contributed by atoms with Crippen LogP contribution < -0.4 is 11.1 Å². The summed E-state index contributed by atoms with van der Waals surface area (Å²) in [5, 5.41) is 5.36. The Morgan fingerprint density at radius 3 is 2.84 bits per heavy atom. The lowest BCUT2D eigenvalue weighted by Crippen LogP contribution is -2.28. The van der Waals surface area contributed by atoms with Gasteiger partial charge in [0.15, 0.2) is 5.13 Å². The first-order valence-electron chi connectivity index (χ1n) is 7.10. The van der Waals surface area contributed by atoms with Crippen LogP contribution in [0.1, 0.15) is 44.7 Å². The summed E-state index contributed by atoms with van der Waals surface area (Å²) in [5.74, 6) is 1.74. The molecule has 0 saturated heterocycles. The highest BCUT2D eigenvalue weighted by molar-refractivity contribution is 7.13. The number of amides is 1. The Kier molecular flexibility index (Phi) is 5.19. The fourth-order valence-corrected chi connectivity index (χ4v) is 3.23. The van der Waals surface area contributed by atoms with E-state index in [1.165, 1.54) is 37.0 Å². The van der Waals surface area contributed by atoms with Crippen molar-refractivity contribution in [3.05, 3.63) is 11.1 Å². The molecular weight excluding hydrogens is 258 g/mol. The van der Waals surface area contributed by atoms with E-state index in [1.807, 2.05) is 5.38 Å². The maximum atomic E-state index is 11.7. The molecule has 1 fully saturated rings. The van der Waals surface area contributed by atoms with Crippen LogP contribution in [0.15, 0.2) is 5.38 Å². The van der Waals surface area contributed by atoms with E-state index in [2.05, 4.69) is 17.2 Å². The molecule has 3 N–H and O–H groups in total. The van der Waals surface area contributed by atoms with Crippen LogP contribution in [0, 0.1) is 11.8 Å². The number of anilines is 1. The van der Waals surface area contributed by atoms with Gasteiger partial charge in [-0.1, -0.05) is 32.6 Å². The molecule has 0 spiro atoms. The second kappa shape index (κ2) is 6.89. The lowest BCUT2D eigenvalue weighted by molar-refractivity contribution is -0.120. The van der Waals surface area contributed by atoms with Crippen LogP contribution in [0.2, 0.25) is 0 Å². The first-order valence-corrected chi connectivity index (χ1v) is 7.98. The SMILES string of the molecule is CC1CCC(CCNC(=O)Cc2csc(N)n2)CC1. The molecule has 0 radical (unpaired) electrons. The average molecular weight is 281 g/mol. The van der Waals surface area contributed by atoms with E-state index in [0.717, 1.165) is 30.5 Å². The van der Waals surface area contributed by atoms with E-state index in [1.54, 1.807) is 0 Å². The van der Waals surface area contributed by atoms with E-state index in [9.17, 15) is 4.79 Å². The quantitative estimate of drug-likeness (QED) is 0.871. The molecular formula is C14H23N3OS. The van der Waals surface area contributed by atoms with Gasteiger partial charge in [-0.15, -0.1) is 11.3 Å². The largest absolute Gasteiger partial charge is 0.375 e. The summed E-state index contributed by atoms with van der Waals surface area (Å²) >= 11 is 1.38. The number of nitrogen functional groups attached to an aromatic ring is 1. The minimum atomic E-state index is 0.0504. The average Bonchev–Trinajstić information content (AvgIpc) is 2.77. The van der Waals surface area contributed by atoms with E-state index in [4.69, 9.17) is 5.73 Å². The monoisotopic (exact) mass is 281 g/mol. The fraction of sp³-hybridized carbons (Fsp3) is 0.714. The summed E-state index contributed by atoms with van der Waals surface area (Å²) in [6.45, 7) is 3.12. The van der Waals surface area contributed by atoms with Gasteiger partial charge in [0.1, 0.15) is 0 Å². The van der Waals surface area contributed by atoms with Gasteiger partial charge in [-0.05, 0) is 18.3 Å². The van der Waals surface area contributed by atoms with Gasteiger partial charge in [-0.3, -0.25) is 4.79 Å². The third-order valence-electron chi connectivity index (χ3n) is 3.92. The van der Waals surface area contributed by atoms with Crippen molar-refractivity contribution < 1.29 is 4.79 Å². The Morgan fingerprint density at radius 1 is 1.47 bits per heavy atom. The molecule has 1 aliphatic carbocycles. The molecule has 1 saturated carbocycles. The number of hydrogen-bond donors (Lipinski definition) is 2. The fourth-order valence-electron chi connectivity index (χ4n) is 2.66. The van der Waals surface area contributed by atoms with Crippen LogP contribution >= 0.6 is 11.3 Å². The summed E-state index contributed by atoms with van der Waals surface area (Å²) in [5.41, 5.74) is 6.31. The third-order valence-corrected chi connectivity index (χ3v) is 4.64. The Bertz CT molecular complexity index is 411. The van der Waals surface area contributed by atoms with Gasteiger partial charge >= 0.3 is 0 Å². The zero-order chi connectivity index (χ0) is 13.7. The van der Waals surface area contributed by atoms with Crippen LogP contribution in [-0.2, 0) is 11.2 Å². The minimum absolute atomic E-state index is 0.0504. The number of carbonyl (C=O) groups is 1. The predicted octanol–water partition coefficient (Wildman–Crippen LogP) is 2.60. The molecule has 5 heteroatoms. The molecule has 0 atom stereocenters. The van der Waals surface area contributed by atoms with Gasteiger partial charge in [0.2, 0.25) is 5.91 Å². The molecule has 1 aliphatic rings. The maximum absolute atomic E-state index is 11.7. The normalized spacial score (nSPS) is 23.2. The van der Waals surface area contributed by atoms with Crippen molar-refractivity contribution in [2.75, 3.05) is 12.3 Å². The van der Waals surface area contributed by atoms with Gasteiger partial charge in [0.25, 0.3) is 0 Å². The van der Waals surface area contributed by atoms with E-state index < -0.39 is 0 Å². The summed E-state index contributed by atoms with van der Waals surface area (Å²) in [7, 11) is 0. The topological polar surface area (TPSA) is 68.0 Å². The first kappa shape index (κ1) is 14.3. The smallest absolute Gasteiger partial charge is 0.226 e. The molecule has 19 heavy (non-hydrogen) atoms. The molecule has 1 heterocycles. The van der Waals surface area contributed by atoms with Crippen molar-refractivity contribution in [2.24, 2.45) is 11.8 Å². The number of rotatable bonds is 5. The number of nitrogens with one attached hydrogen (secondary N) is 1. The molecule has 106 valence electrons. The summed E-state index contributed by atoms with van der Waals surface area (Å²) in [4.78, 5) is 15.8. The van der Waals surface area contributed by atoms with Gasteiger partial charge in [-0.25, -0.2) is 4.98 Å². The van der Waals surface area contributed by atoms with Crippen LogP contribution in [-0.4, -0.2) is 17.4 Å². The van der Waals surface area contributed by atoms with E-state index in [-0.39, 0.29) is 5.91 Å². The van der Waals surface area contributed by atoms with Crippen LogP contribution in [0.25, 0.3) is 0 Å². The molecule has 1 amide bonds. The first-order chi connectivity index (χ1) is 9.13. The highest BCUT2D eigenvalue weighted by Crippen LogP contribution is 2.29. The number of hydrogen-bond acceptors (Lipinski definition) is 4. The Hall–Kier alpha value is -1.10. The van der Waals surface area contributed by atoms with Crippen LogP contribution in [0.5, 0.6) is 0 Å². The van der Waals surface area contributed by atoms with Crippen molar-refractivity contribution in [2.45, 2.75) is 45.4 Å². The molecule has 0 aliphatic heterocycles. The number of aromatic nitrogens is 1. The predicted molar refractivity (Wildman–Crippen MR) is 79.0 cm³/mol. The zero-order valence-corrected chi connectivity index (χ0v) is 12.3. The van der Waals surface area contributed by atoms with Crippen molar-refractivity contribution in [3.63, 3.8) is 0 Å². The highest BCUT2D eigenvalue weighted by atomic mass is 32.1. The van der Waals surface area contributed by atoms with Gasteiger partial charge in [0, 0.05) is 11.9 Å². The number of thiazole rings is 1. The van der Waals surface area contributed by atoms with Gasteiger partial charge in [0.05, 0.1) is 12.1 Å². The lowest BCUT2D eigenvalue weighted by Gasteiger charge is -2.26. The maximum Gasteiger partial charge on any atom is 0.226 e. The third kappa shape index (κ3) is 4.82. The lowest BCUT2D eigenvalue weighted by atomic mass is 9.81. The summed E-state index contributed by atoms with van der Waals surface area (Å²) in [6, 6.07) is 0. The standard InChI is InChI=1S/C14H23N3OS/c1-10-2-4-11(5-3-10)6-7-16-13(18)8-12-9-19-14(15)17-12/h9-11H,2-8H2,1H3,(H2,15,17)(H,16,18). The van der Waals surface area contributed by atoms with E-state index in [0.29, 0.717) is 11.6 Å². The minimum Gasteiger partial charge on any atom is -0.375 e. The second-order valence-electron chi connectivity index (χ2n) is 5.62.